The summed E-state index contributed by atoms with van der Waals surface area (Å²) in [7, 11) is 2.90. The Kier molecular flexibility index (Phi) is 5.18. The predicted octanol–water partition coefficient (Wildman–Crippen LogP) is 3.13. The van der Waals surface area contributed by atoms with E-state index in [9.17, 15) is 9.59 Å². The van der Waals surface area contributed by atoms with Crippen LogP contribution in [0.25, 0.3) is 0 Å². The summed E-state index contributed by atoms with van der Waals surface area (Å²) in [4.78, 5) is 30.2. The number of carbonyl (C=O) groups is 2. The van der Waals surface area contributed by atoms with Crippen LogP contribution in [0.2, 0.25) is 0 Å². The fourth-order valence-electron chi connectivity index (χ4n) is 2.38. The number of anilines is 1. The lowest BCUT2D eigenvalue weighted by molar-refractivity contribution is 0.0594. The summed E-state index contributed by atoms with van der Waals surface area (Å²) in [6.45, 7) is 0.363. The summed E-state index contributed by atoms with van der Waals surface area (Å²) in [6.07, 6.45) is 1.95. The number of methoxy groups -OCH3 is 2. The maximum absolute atomic E-state index is 12.7. The summed E-state index contributed by atoms with van der Waals surface area (Å²) in [5.41, 5.74) is 0.941. The van der Waals surface area contributed by atoms with E-state index in [1.807, 2.05) is 18.2 Å². The van der Waals surface area contributed by atoms with E-state index in [2.05, 4.69) is 15.0 Å². The topological polar surface area (TPSA) is 80.8 Å². The number of aromatic nitrogens is 1. The second kappa shape index (κ2) is 7.52. The van der Waals surface area contributed by atoms with Crippen molar-refractivity contribution in [2.24, 2.45) is 0 Å². The van der Waals surface area contributed by atoms with Gasteiger partial charge in [0.15, 0.2) is 5.69 Å². The predicted molar refractivity (Wildman–Crippen MR) is 94.0 cm³/mol. The van der Waals surface area contributed by atoms with Gasteiger partial charge in [-0.25, -0.2) is 14.6 Å². The molecule has 1 N–H and O–H groups in total. The fourth-order valence-corrected chi connectivity index (χ4v) is 3.14. The third kappa shape index (κ3) is 4.27. The lowest BCUT2D eigenvalue weighted by Crippen LogP contribution is -2.36. The third-order valence-corrected chi connectivity index (χ3v) is 4.65. The number of esters is 1. The third-order valence-electron chi connectivity index (χ3n) is 3.82. The molecule has 0 radical (unpaired) electrons. The first-order valence-corrected chi connectivity index (χ1v) is 8.73. The Bertz CT molecular complexity index is 773. The Labute approximate surface area is 149 Å². The molecule has 1 saturated carbocycles. The highest BCUT2D eigenvalue weighted by Crippen LogP contribution is 2.30. The highest BCUT2D eigenvalue weighted by Gasteiger charge is 2.33. The molecule has 8 heteroatoms. The van der Waals surface area contributed by atoms with Crippen molar-refractivity contribution in [2.45, 2.75) is 25.4 Å². The van der Waals surface area contributed by atoms with Crippen LogP contribution in [-0.2, 0) is 11.3 Å². The number of urea groups is 1. The molecule has 0 spiro atoms. The maximum atomic E-state index is 12.7. The van der Waals surface area contributed by atoms with Crippen molar-refractivity contribution in [1.29, 1.82) is 0 Å². The van der Waals surface area contributed by atoms with Crippen molar-refractivity contribution >= 4 is 29.0 Å². The van der Waals surface area contributed by atoms with Gasteiger partial charge in [-0.05, 0) is 25.0 Å². The Morgan fingerprint density at radius 3 is 2.84 bits per heavy atom. The summed E-state index contributed by atoms with van der Waals surface area (Å²) >= 11 is 1.34. The smallest absolute Gasteiger partial charge is 0.357 e. The van der Waals surface area contributed by atoms with Crippen molar-refractivity contribution in [3.8, 4) is 5.75 Å². The largest absolute Gasteiger partial charge is 0.497 e. The number of hydrogen-bond donors (Lipinski definition) is 1. The molecule has 0 bridgehead atoms. The number of ether oxygens (including phenoxy) is 2. The van der Waals surface area contributed by atoms with Gasteiger partial charge in [-0.15, -0.1) is 11.3 Å². The van der Waals surface area contributed by atoms with E-state index < -0.39 is 5.97 Å². The molecule has 3 rings (SSSR count). The van der Waals surface area contributed by atoms with Gasteiger partial charge in [0.2, 0.25) is 0 Å². The molecule has 1 aromatic carbocycles. The van der Waals surface area contributed by atoms with Crippen molar-refractivity contribution in [2.75, 3.05) is 19.5 Å². The van der Waals surface area contributed by atoms with Crippen LogP contribution in [0.4, 0.5) is 10.5 Å². The fraction of sp³-hybridized carbons (Fsp3) is 0.353. The molecule has 2 amide bonds. The van der Waals surface area contributed by atoms with Crippen LogP contribution >= 0.6 is 11.3 Å². The number of hydrogen-bond acceptors (Lipinski definition) is 6. The number of carbonyl (C=O) groups excluding carboxylic acids is 2. The van der Waals surface area contributed by atoms with E-state index >= 15 is 0 Å². The van der Waals surface area contributed by atoms with Gasteiger partial charge in [-0.1, -0.05) is 6.07 Å². The standard InChI is InChI=1S/C17H19N3O4S/c1-23-13-5-3-4-11(8-13)18-17(22)20(12-6-7-12)9-15-19-14(10-25-15)16(21)24-2/h3-5,8,10,12H,6-7,9H2,1-2H3,(H,18,22). The first kappa shape index (κ1) is 17.2. The van der Waals surface area contributed by atoms with Crippen molar-refractivity contribution in [3.05, 3.63) is 40.3 Å². The number of nitrogens with zero attached hydrogens (tertiary/aromatic N) is 2. The van der Waals surface area contributed by atoms with Crippen LogP contribution < -0.4 is 10.1 Å². The molecule has 1 fully saturated rings. The van der Waals surface area contributed by atoms with Crippen molar-refractivity contribution in [3.63, 3.8) is 0 Å². The van der Waals surface area contributed by atoms with E-state index in [0.29, 0.717) is 23.0 Å². The monoisotopic (exact) mass is 361 g/mol. The summed E-state index contributed by atoms with van der Waals surface area (Å²) in [6, 6.07) is 7.23. The summed E-state index contributed by atoms with van der Waals surface area (Å²) in [5.74, 6) is 0.208. The minimum absolute atomic E-state index is 0.189. The van der Waals surface area contributed by atoms with Crippen molar-refractivity contribution in [1.82, 2.24) is 9.88 Å². The molecule has 7 nitrogen and oxygen atoms in total. The molecule has 0 aliphatic heterocycles. The van der Waals surface area contributed by atoms with E-state index in [4.69, 9.17) is 4.74 Å². The van der Waals surface area contributed by atoms with Gasteiger partial charge in [0, 0.05) is 23.2 Å². The van der Waals surface area contributed by atoms with Gasteiger partial charge >= 0.3 is 12.0 Å². The molecule has 0 saturated heterocycles. The van der Waals surface area contributed by atoms with Gasteiger partial charge in [0.05, 0.1) is 20.8 Å². The zero-order valence-corrected chi connectivity index (χ0v) is 14.8. The molecule has 2 aromatic rings. The normalized spacial score (nSPS) is 13.2. The van der Waals surface area contributed by atoms with Crippen LogP contribution in [0.5, 0.6) is 5.75 Å². The van der Waals surface area contributed by atoms with E-state index in [0.717, 1.165) is 12.8 Å². The molecular weight excluding hydrogens is 342 g/mol. The zero-order chi connectivity index (χ0) is 17.8. The second-order valence-electron chi connectivity index (χ2n) is 5.64. The number of thiazole rings is 1. The maximum Gasteiger partial charge on any atom is 0.357 e. The molecule has 1 aromatic heterocycles. The van der Waals surface area contributed by atoms with Crippen LogP contribution in [0.15, 0.2) is 29.6 Å². The Balaban J connectivity index is 1.69. The average Bonchev–Trinajstić information content (AvgIpc) is 3.36. The van der Waals surface area contributed by atoms with Crippen LogP contribution in [0, 0.1) is 0 Å². The van der Waals surface area contributed by atoms with Crippen LogP contribution in [0.1, 0.15) is 28.3 Å². The SMILES string of the molecule is COC(=O)c1csc(CN(C(=O)Nc2cccc(OC)c2)C2CC2)n1. The molecule has 132 valence electrons. The molecule has 0 atom stereocenters. The van der Waals surface area contributed by atoms with Gasteiger partial charge in [-0.2, -0.15) is 0 Å². The van der Waals surface area contributed by atoms with Gasteiger partial charge in [0.25, 0.3) is 0 Å². The Morgan fingerprint density at radius 2 is 2.16 bits per heavy atom. The average molecular weight is 361 g/mol. The molecule has 0 unspecified atom stereocenters. The summed E-state index contributed by atoms with van der Waals surface area (Å²) < 4.78 is 9.83. The molecule has 25 heavy (non-hydrogen) atoms. The molecule has 1 heterocycles. The molecule has 1 aliphatic rings. The second-order valence-corrected chi connectivity index (χ2v) is 6.58. The van der Waals surface area contributed by atoms with Crippen molar-refractivity contribution < 1.29 is 19.1 Å². The van der Waals surface area contributed by atoms with E-state index in [1.165, 1.54) is 18.4 Å². The Hall–Kier alpha value is -2.61. The van der Waals surface area contributed by atoms with E-state index in [-0.39, 0.29) is 17.8 Å². The Morgan fingerprint density at radius 1 is 1.36 bits per heavy atom. The lowest BCUT2D eigenvalue weighted by Gasteiger charge is -2.22. The molecular formula is C17H19N3O4S. The number of nitrogens with one attached hydrogen (secondary N) is 1. The minimum Gasteiger partial charge on any atom is -0.497 e. The molecule has 1 aliphatic carbocycles. The van der Waals surface area contributed by atoms with Gasteiger partial charge in [0.1, 0.15) is 10.8 Å². The first-order chi connectivity index (χ1) is 12.1. The summed E-state index contributed by atoms with van der Waals surface area (Å²) in [5, 5.41) is 5.24. The first-order valence-electron chi connectivity index (χ1n) is 7.85. The zero-order valence-electron chi connectivity index (χ0n) is 14.0. The van der Waals surface area contributed by atoms with Crippen LogP contribution in [-0.4, -0.2) is 42.1 Å². The number of benzene rings is 1. The number of amides is 2. The van der Waals surface area contributed by atoms with Gasteiger partial charge in [-0.3, -0.25) is 0 Å². The highest BCUT2D eigenvalue weighted by atomic mass is 32.1. The van der Waals surface area contributed by atoms with Gasteiger partial charge < -0.3 is 19.7 Å². The quantitative estimate of drug-likeness (QED) is 0.800. The highest BCUT2D eigenvalue weighted by molar-refractivity contribution is 7.09. The minimum atomic E-state index is -0.471. The lowest BCUT2D eigenvalue weighted by atomic mass is 10.3. The van der Waals surface area contributed by atoms with E-state index in [1.54, 1.807) is 23.5 Å². The number of rotatable bonds is 6. The van der Waals surface area contributed by atoms with Crippen LogP contribution in [0.3, 0.4) is 0 Å².